The molecule has 0 aromatic heterocycles. The molecule has 0 heterocycles. The van der Waals surface area contributed by atoms with Crippen molar-refractivity contribution in [2.75, 3.05) is 11.1 Å². The predicted molar refractivity (Wildman–Crippen MR) is 81.3 cm³/mol. The third kappa shape index (κ3) is 2.30. The van der Waals surface area contributed by atoms with Crippen LogP contribution in [0.25, 0.3) is 0 Å². The molecule has 3 rings (SSSR count). The maximum Gasteiger partial charge on any atom is 0.0608 e. The average molecular weight is 252 g/mol. The molecule has 0 saturated carbocycles. The molecule has 0 bridgehead atoms. The number of hydrogen-bond acceptors (Lipinski definition) is 2. The van der Waals surface area contributed by atoms with Gasteiger partial charge in [-0.25, -0.2) is 0 Å². The van der Waals surface area contributed by atoms with Crippen LogP contribution in [0.2, 0.25) is 0 Å². The van der Waals surface area contributed by atoms with Crippen LogP contribution < -0.4 is 11.1 Å². The van der Waals surface area contributed by atoms with E-state index in [1.807, 2.05) is 12.1 Å². The maximum atomic E-state index is 6.10. The molecule has 2 heteroatoms. The summed E-state index contributed by atoms with van der Waals surface area (Å²) in [6.45, 7) is 2.10. The highest BCUT2D eigenvalue weighted by Crippen LogP contribution is 2.34. The fraction of sp³-hybridized carbons (Fsp3) is 0.294. The molecule has 2 nitrogen and oxygen atoms in total. The Labute approximate surface area is 114 Å². The third-order valence-electron chi connectivity index (χ3n) is 3.99. The lowest BCUT2D eigenvalue weighted by Crippen LogP contribution is -2.18. The van der Waals surface area contributed by atoms with Gasteiger partial charge in [0, 0.05) is 0 Å². The molecule has 0 radical (unpaired) electrons. The second-order valence-corrected chi connectivity index (χ2v) is 5.33. The number of hydrogen-bond donors (Lipinski definition) is 2. The van der Waals surface area contributed by atoms with Gasteiger partial charge in [-0.3, -0.25) is 0 Å². The van der Waals surface area contributed by atoms with Crippen molar-refractivity contribution in [3.63, 3.8) is 0 Å². The average Bonchev–Trinajstić information content (AvgIpc) is 2.43. The van der Waals surface area contributed by atoms with Crippen molar-refractivity contribution in [2.45, 2.75) is 32.2 Å². The van der Waals surface area contributed by atoms with Crippen LogP contribution in [0.15, 0.2) is 42.5 Å². The van der Waals surface area contributed by atoms with Gasteiger partial charge in [0.25, 0.3) is 0 Å². The first kappa shape index (κ1) is 12.1. The quantitative estimate of drug-likeness (QED) is 0.791. The summed E-state index contributed by atoms with van der Waals surface area (Å²) in [5, 5.41) is 3.65. The monoisotopic (exact) mass is 252 g/mol. The van der Waals surface area contributed by atoms with Crippen molar-refractivity contribution in [3.8, 4) is 0 Å². The van der Waals surface area contributed by atoms with Gasteiger partial charge in [0.15, 0.2) is 0 Å². The van der Waals surface area contributed by atoms with Crippen LogP contribution in [-0.4, -0.2) is 0 Å². The highest BCUT2D eigenvalue weighted by Gasteiger charge is 2.20. The Bertz CT molecular complexity index is 569. The summed E-state index contributed by atoms with van der Waals surface area (Å²) in [5.74, 6) is 0. The number of nitrogens with one attached hydrogen (secondary N) is 1. The third-order valence-corrected chi connectivity index (χ3v) is 3.99. The van der Waals surface area contributed by atoms with Crippen LogP contribution >= 0.6 is 0 Å². The molecular weight excluding hydrogens is 232 g/mol. The number of benzene rings is 2. The van der Waals surface area contributed by atoms with Crippen molar-refractivity contribution in [1.29, 1.82) is 0 Å². The molecular formula is C17H20N2. The standard InChI is InChI=1S/C17H20N2/c1-12-6-4-10-15(18)17(12)19-16-11-5-8-13-7-2-3-9-14(13)16/h2-4,6-7,9-10,16,19H,5,8,11,18H2,1H3. The molecule has 1 aliphatic carbocycles. The van der Waals surface area contributed by atoms with E-state index in [2.05, 4.69) is 42.6 Å². The summed E-state index contributed by atoms with van der Waals surface area (Å²) in [7, 11) is 0. The molecule has 0 saturated heterocycles. The van der Waals surface area contributed by atoms with Crippen LogP contribution in [0.3, 0.4) is 0 Å². The Morgan fingerprint density at radius 2 is 1.95 bits per heavy atom. The van der Waals surface area contributed by atoms with Gasteiger partial charge in [0.05, 0.1) is 17.4 Å². The molecule has 2 aromatic carbocycles. The Hall–Kier alpha value is -1.96. The minimum absolute atomic E-state index is 0.383. The first-order valence-corrected chi connectivity index (χ1v) is 6.95. The van der Waals surface area contributed by atoms with E-state index in [0.717, 1.165) is 11.4 Å². The summed E-state index contributed by atoms with van der Waals surface area (Å²) in [6, 6.07) is 15.2. The molecule has 0 amide bonds. The van der Waals surface area contributed by atoms with Crippen LogP contribution in [-0.2, 0) is 6.42 Å². The van der Waals surface area contributed by atoms with Crippen molar-refractivity contribution >= 4 is 11.4 Å². The molecule has 0 aliphatic heterocycles. The van der Waals surface area contributed by atoms with Gasteiger partial charge in [0.1, 0.15) is 0 Å². The fourth-order valence-corrected chi connectivity index (χ4v) is 2.97. The molecule has 0 spiro atoms. The zero-order valence-corrected chi connectivity index (χ0v) is 11.3. The molecule has 19 heavy (non-hydrogen) atoms. The number of nitrogen functional groups attached to an aromatic ring is 1. The van der Waals surface area contributed by atoms with E-state index in [4.69, 9.17) is 5.73 Å². The maximum absolute atomic E-state index is 6.10. The number of anilines is 2. The summed E-state index contributed by atoms with van der Waals surface area (Å²) in [5.41, 5.74) is 12.1. The van der Waals surface area contributed by atoms with Gasteiger partial charge in [-0.05, 0) is 48.9 Å². The number of rotatable bonds is 2. The number of para-hydroxylation sites is 1. The SMILES string of the molecule is Cc1cccc(N)c1NC1CCCc2ccccc21. The lowest BCUT2D eigenvalue weighted by Gasteiger charge is -2.28. The fourth-order valence-electron chi connectivity index (χ4n) is 2.97. The van der Waals surface area contributed by atoms with Gasteiger partial charge >= 0.3 is 0 Å². The minimum Gasteiger partial charge on any atom is -0.397 e. The van der Waals surface area contributed by atoms with E-state index in [1.165, 1.54) is 36.0 Å². The first-order valence-electron chi connectivity index (χ1n) is 6.95. The van der Waals surface area contributed by atoms with E-state index in [-0.39, 0.29) is 0 Å². The van der Waals surface area contributed by atoms with Crippen molar-refractivity contribution in [2.24, 2.45) is 0 Å². The van der Waals surface area contributed by atoms with Crippen molar-refractivity contribution < 1.29 is 0 Å². The van der Waals surface area contributed by atoms with E-state index in [0.29, 0.717) is 6.04 Å². The number of aryl methyl sites for hydroxylation is 2. The summed E-state index contributed by atoms with van der Waals surface area (Å²) in [6.07, 6.45) is 3.60. The largest absolute Gasteiger partial charge is 0.397 e. The second-order valence-electron chi connectivity index (χ2n) is 5.33. The highest BCUT2D eigenvalue weighted by atomic mass is 14.9. The van der Waals surface area contributed by atoms with Gasteiger partial charge < -0.3 is 11.1 Å². The van der Waals surface area contributed by atoms with E-state index >= 15 is 0 Å². The highest BCUT2D eigenvalue weighted by molar-refractivity contribution is 5.70. The molecule has 98 valence electrons. The van der Waals surface area contributed by atoms with E-state index in [1.54, 1.807) is 0 Å². The van der Waals surface area contributed by atoms with Gasteiger partial charge in [-0.2, -0.15) is 0 Å². The van der Waals surface area contributed by atoms with E-state index < -0.39 is 0 Å². The minimum atomic E-state index is 0.383. The molecule has 2 aromatic rings. The van der Waals surface area contributed by atoms with Crippen molar-refractivity contribution in [3.05, 3.63) is 59.2 Å². The second kappa shape index (κ2) is 4.96. The summed E-state index contributed by atoms with van der Waals surface area (Å²) >= 11 is 0. The molecule has 0 fully saturated rings. The zero-order chi connectivity index (χ0) is 13.2. The van der Waals surface area contributed by atoms with Crippen LogP contribution in [0.5, 0.6) is 0 Å². The molecule has 3 N–H and O–H groups in total. The van der Waals surface area contributed by atoms with Crippen LogP contribution in [0.4, 0.5) is 11.4 Å². The normalized spacial score (nSPS) is 17.8. The van der Waals surface area contributed by atoms with Gasteiger partial charge in [-0.15, -0.1) is 0 Å². The first-order chi connectivity index (χ1) is 9.25. The Morgan fingerprint density at radius 1 is 1.11 bits per heavy atom. The van der Waals surface area contributed by atoms with Gasteiger partial charge in [-0.1, -0.05) is 36.4 Å². The van der Waals surface area contributed by atoms with Crippen LogP contribution in [0.1, 0.15) is 35.6 Å². The molecule has 1 atom stereocenters. The van der Waals surface area contributed by atoms with Gasteiger partial charge in [0.2, 0.25) is 0 Å². The summed E-state index contributed by atoms with van der Waals surface area (Å²) in [4.78, 5) is 0. The Morgan fingerprint density at radius 3 is 2.79 bits per heavy atom. The summed E-state index contributed by atoms with van der Waals surface area (Å²) < 4.78 is 0. The topological polar surface area (TPSA) is 38.0 Å². The number of nitrogens with two attached hydrogens (primary N) is 1. The molecule has 1 aliphatic rings. The Balaban J connectivity index is 1.93. The zero-order valence-electron chi connectivity index (χ0n) is 11.3. The predicted octanol–water partition coefficient (Wildman–Crippen LogP) is 4.07. The molecule has 1 unspecified atom stereocenters. The van der Waals surface area contributed by atoms with Crippen molar-refractivity contribution in [1.82, 2.24) is 0 Å². The lowest BCUT2D eigenvalue weighted by atomic mass is 9.87. The lowest BCUT2D eigenvalue weighted by molar-refractivity contribution is 0.600. The van der Waals surface area contributed by atoms with E-state index in [9.17, 15) is 0 Å². The smallest absolute Gasteiger partial charge is 0.0608 e. The number of fused-ring (bicyclic) bond motifs is 1. The van der Waals surface area contributed by atoms with Crippen LogP contribution in [0, 0.1) is 6.92 Å². The Kier molecular flexibility index (Phi) is 3.16.